The van der Waals surface area contributed by atoms with Crippen molar-refractivity contribution in [3.63, 3.8) is 0 Å². The van der Waals surface area contributed by atoms with Crippen LogP contribution in [0.25, 0.3) is 10.9 Å². The van der Waals surface area contributed by atoms with Gasteiger partial charge >= 0.3 is 5.97 Å². The molecule has 1 heterocycles. The van der Waals surface area contributed by atoms with Gasteiger partial charge in [0.25, 0.3) is 0 Å². The van der Waals surface area contributed by atoms with Crippen LogP contribution in [0.15, 0.2) is 60.8 Å². The molecular weight excluding hydrogens is 526 g/mol. The first-order valence-corrected chi connectivity index (χ1v) is 13.7. The standard InChI is InChI=1S/C30H39N5O6/c1-4-17(2)26(30(40)41)35-28(38)24(15-20-16-32-22-13-9-8-12-21(20)22)33-27(37)23(14-19-10-6-5-7-11-19)34-29(39)25(31)18(3)36/h5-13,16-18,23-26,32,36H,4,14-15,31H2,1-3H3,(H,33,37)(H,34,39)(H,35,38)(H,40,41). The van der Waals surface area contributed by atoms with Crippen LogP contribution in [0.2, 0.25) is 0 Å². The molecule has 6 unspecified atom stereocenters. The summed E-state index contributed by atoms with van der Waals surface area (Å²) in [6.45, 7) is 4.92. The Morgan fingerprint density at radius 1 is 0.854 bits per heavy atom. The number of aliphatic hydroxyl groups excluding tert-OH is 1. The van der Waals surface area contributed by atoms with Crippen molar-refractivity contribution >= 4 is 34.6 Å². The molecule has 0 aliphatic carbocycles. The van der Waals surface area contributed by atoms with E-state index in [2.05, 4.69) is 20.9 Å². The molecule has 0 saturated carbocycles. The second kappa shape index (κ2) is 14.4. The lowest BCUT2D eigenvalue weighted by atomic mass is 9.97. The number of aromatic amines is 1. The zero-order chi connectivity index (χ0) is 30.1. The number of nitrogens with one attached hydrogen (secondary N) is 4. The van der Waals surface area contributed by atoms with E-state index in [1.54, 1.807) is 37.4 Å². The van der Waals surface area contributed by atoms with E-state index in [1.165, 1.54) is 6.92 Å². The molecular formula is C30H39N5O6. The fourth-order valence-corrected chi connectivity index (χ4v) is 4.49. The van der Waals surface area contributed by atoms with Crippen molar-refractivity contribution in [2.75, 3.05) is 0 Å². The highest BCUT2D eigenvalue weighted by Crippen LogP contribution is 2.20. The number of carboxylic acids is 1. The quantitative estimate of drug-likeness (QED) is 0.153. The summed E-state index contributed by atoms with van der Waals surface area (Å²) in [7, 11) is 0. The zero-order valence-corrected chi connectivity index (χ0v) is 23.5. The number of hydrogen-bond acceptors (Lipinski definition) is 6. The minimum atomic E-state index is -1.27. The van der Waals surface area contributed by atoms with Crippen molar-refractivity contribution in [3.8, 4) is 0 Å². The van der Waals surface area contributed by atoms with Gasteiger partial charge in [0.2, 0.25) is 17.7 Å². The first kappa shape index (κ1) is 31.3. The Kier molecular flexibility index (Phi) is 11.0. The molecule has 0 saturated heterocycles. The van der Waals surface area contributed by atoms with Crippen LogP contribution in [0, 0.1) is 5.92 Å². The van der Waals surface area contributed by atoms with Gasteiger partial charge in [0.15, 0.2) is 0 Å². The molecule has 220 valence electrons. The minimum Gasteiger partial charge on any atom is -0.480 e. The Hall–Kier alpha value is -4.22. The van der Waals surface area contributed by atoms with Crippen LogP contribution in [-0.4, -0.2) is 69.2 Å². The molecule has 3 rings (SSSR count). The van der Waals surface area contributed by atoms with Crippen LogP contribution >= 0.6 is 0 Å². The molecule has 0 bridgehead atoms. The van der Waals surface area contributed by atoms with Crippen LogP contribution in [0.4, 0.5) is 0 Å². The molecule has 11 nitrogen and oxygen atoms in total. The molecule has 41 heavy (non-hydrogen) atoms. The summed E-state index contributed by atoms with van der Waals surface area (Å²) in [6.07, 6.45) is 1.27. The number of carboxylic acid groups (broad SMARTS) is 1. The van der Waals surface area contributed by atoms with Crippen molar-refractivity contribution in [2.24, 2.45) is 11.7 Å². The normalized spacial score (nSPS) is 15.6. The van der Waals surface area contributed by atoms with E-state index >= 15 is 0 Å². The highest BCUT2D eigenvalue weighted by molar-refractivity contribution is 5.95. The van der Waals surface area contributed by atoms with E-state index in [9.17, 15) is 29.4 Å². The van der Waals surface area contributed by atoms with Crippen LogP contribution in [0.1, 0.15) is 38.3 Å². The van der Waals surface area contributed by atoms with Crippen molar-refractivity contribution in [1.82, 2.24) is 20.9 Å². The molecule has 3 aromatic rings. The topological polar surface area (TPSA) is 187 Å². The summed E-state index contributed by atoms with van der Waals surface area (Å²) >= 11 is 0. The number of hydrogen-bond donors (Lipinski definition) is 7. The SMILES string of the molecule is CCC(C)C(NC(=O)C(Cc1c[nH]c2ccccc12)NC(=O)C(Cc1ccccc1)NC(=O)C(N)C(C)O)C(=O)O. The summed E-state index contributed by atoms with van der Waals surface area (Å²) in [5, 5.41) is 28.3. The van der Waals surface area contributed by atoms with Gasteiger partial charge in [-0.3, -0.25) is 14.4 Å². The first-order chi connectivity index (χ1) is 19.5. The second-order valence-corrected chi connectivity index (χ2v) is 10.4. The lowest BCUT2D eigenvalue weighted by Crippen LogP contribution is -2.59. The first-order valence-electron chi connectivity index (χ1n) is 13.7. The van der Waals surface area contributed by atoms with E-state index < -0.39 is 54.0 Å². The molecule has 2 aromatic carbocycles. The van der Waals surface area contributed by atoms with Gasteiger partial charge in [0, 0.05) is 29.9 Å². The highest BCUT2D eigenvalue weighted by Gasteiger charge is 2.33. The minimum absolute atomic E-state index is 0.0631. The third-order valence-electron chi connectivity index (χ3n) is 7.25. The van der Waals surface area contributed by atoms with Gasteiger partial charge in [-0.15, -0.1) is 0 Å². The zero-order valence-electron chi connectivity index (χ0n) is 23.5. The van der Waals surface area contributed by atoms with E-state index in [0.29, 0.717) is 6.42 Å². The fraction of sp³-hybridized carbons (Fsp3) is 0.400. The maximum absolute atomic E-state index is 13.7. The number of aromatic nitrogens is 1. The number of amides is 3. The molecule has 0 spiro atoms. The largest absolute Gasteiger partial charge is 0.480 e. The molecule has 1 aromatic heterocycles. The third kappa shape index (κ3) is 8.38. The van der Waals surface area contributed by atoms with Gasteiger partial charge in [-0.05, 0) is 30.0 Å². The number of rotatable bonds is 14. The Morgan fingerprint density at radius 2 is 1.44 bits per heavy atom. The van der Waals surface area contributed by atoms with Crippen LogP contribution in [0.5, 0.6) is 0 Å². The number of aliphatic hydroxyl groups is 1. The maximum atomic E-state index is 13.7. The van der Waals surface area contributed by atoms with Gasteiger partial charge in [-0.2, -0.15) is 0 Å². The maximum Gasteiger partial charge on any atom is 0.326 e. The lowest BCUT2D eigenvalue weighted by molar-refractivity contribution is -0.143. The molecule has 6 atom stereocenters. The molecule has 0 radical (unpaired) electrons. The van der Waals surface area contributed by atoms with Gasteiger partial charge < -0.3 is 36.9 Å². The fourth-order valence-electron chi connectivity index (χ4n) is 4.49. The summed E-state index contributed by atoms with van der Waals surface area (Å²) in [4.78, 5) is 55.0. The number of carbonyl (C=O) groups is 4. The number of nitrogens with two attached hydrogens (primary N) is 1. The Bertz CT molecular complexity index is 1340. The average Bonchev–Trinajstić information content (AvgIpc) is 3.37. The van der Waals surface area contributed by atoms with Crippen molar-refractivity contribution in [2.45, 2.75) is 70.3 Å². The van der Waals surface area contributed by atoms with E-state index in [-0.39, 0.29) is 18.8 Å². The van der Waals surface area contributed by atoms with E-state index in [0.717, 1.165) is 22.0 Å². The molecule has 0 aliphatic rings. The van der Waals surface area contributed by atoms with E-state index in [4.69, 9.17) is 5.73 Å². The number of benzene rings is 2. The van der Waals surface area contributed by atoms with Crippen LogP contribution < -0.4 is 21.7 Å². The second-order valence-electron chi connectivity index (χ2n) is 10.4. The summed E-state index contributed by atoms with van der Waals surface area (Å²) in [5.74, 6) is -3.58. The molecule has 0 aliphatic heterocycles. The number of fused-ring (bicyclic) bond motifs is 1. The number of aliphatic carboxylic acids is 1. The van der Waals surface area contributed by atoms with Crippen LogP contribution in [-0.2, 0) is 32.0 Å². The van der Waals surface area contributed by atoms with Crippen LogP contribution in [0.3, 0.4) is 0 Å². The van der Waals surface area contributed by atoms with Gasteiger partial charge in [-0.25, -0.2) is 4.79 Å². The number of carbonyl (C=O) groups excluding carboxylic acids is 3. The Labute approximate surface area is 238 Å². The monoisotopic (exact) mass is 565 g/mol. The Morgan fingerprint density at radius 3 is 2.07 bits per heavy atom. The van der Waals surface area contributed by atoms with Gasteiger partial charge in [-0.1, -0.05) is 68.8 Å². The lowest BCUT2D eigenvalue weighted by Gasteiger charge is -2.27. The molecule has 3 amide bonds. The van der Waals surface area contributed by atoms with Gasteiger partial charge in [0.1, 0.15) is 24.2 Å². The van der Waals surface area contributed by atoms with Crippen molar-refractivity contribution < 1.29 is 29.4 Å². The third-order valence-corrected chi connectivity index (χ3v) is 7.25. The number of para-hydroxylation sites is 1. The predicted octanol–water partition coefficient (Wildman–Crippen LogP) is 1.25. The Balaban J connectivity index is 1.92. The van der Waals surface area contributed by atoms with Crippen molar-refractivity contribution in [3.05, 3.63) is 71.9 Å². The molecule has 0 fully saturated rings. The summed E-state index contributed by atoms with van der Waals surface area (Å²) < 4.78 is 0. The van der Waals surface area contributed by atoms with E-state index in [1.807, 2.05) is 37.3 Å². The summed E-state index contributed by atoms with van der Waals surface area (Å²) in [6, 6.07) is 11.8. The number of H-pyrrole nitrogens is 1. The highest BCUT2D eigenvalue weighted by atomic mass is 16.4. The average molecular weight is 566 g/mol. The molecule has 11 heteroatoms. The summed E-state index contributed by atoms with van der Waals surface area (Å²) in [5.41, 5.74) is 8.14. The smallest absolute Gasteiger partial charge is 0.326 e. The van der Waals surface area contributed by atoms with Crippen molar-refractivity contribution in [1.29, 1.82) is 0 Å². The van der Waals surface area contributed by atoms with Gasteiger partial charge in [0.05, 0.1) is 6.10 Å². The predicted molar refractivity (Wildman–Crippen MR) is 155 cm³/mol. The molecule has 8 N–H and O–H groups in total.